The van der Waals surface area contributed by atoms with E-state index in [1.54, 1.807) is 0 Å². The minimum Gasteiger partial charge on any atom is -0.456 e. The highest BCUT2D eigenvalue weighted by molar-refractivity contribution is 5.98. The van der Waals surface area contributed by atoms with E-state index in [0.29, 0.717) is 12.1 Å². The molecule has 5 rings (SSSR count). The van der Waals surface area contributed by atoms with Crippen molar-refractivity contribution in [3.05, 3.63) is 60.9 Å². The summed E-state index contributed by atoms with van der Waals surface area (Å²) >= 11 is 0. The molecule has 2 aromatic carbocycles. The number of nitrogens with zero attached hydrogens (tertiary/aromatic N) is 2. The molecule has 0 spiro atoms. The van der Waals surface area contributed by atoms with Crippen LogP contribution in [0.3, 0.4) is 0 Å². The predicted octanol–water partition coefficient (Wildman–Crippen LogP) is 5.35. The number of anilines is 1. The maximum Gasteiger partial charge on any atom is 0.137 e. The van der Waals surface area contributed by atoms with Crippen LogP contribution in [0.1, 0.15) is 25.7 Å². The van der Waals surface area contributed by atoms with Crippen LogP contribution in [-0.4, -0.2) is 24.1 Å². The lowest BCUT2D eigenvalue weighted by Gasteiger charge is -2.35. The summed E-state index contributed by atoms with van der Waals surface area (Å²) in [5, 5.41) is 3.41. The van der Waals surface area contributed by atoms with Gasteiger partial charge in [0.25, 0.3) is 0 Å². The minimum absolute atomic E-state index is 0.368. The highest BCUT2D eigenvalue weighted by Gasteiger charge is 2.22. The van der Waals surface area contributed by atoms with Crippen molar-refractivity contribution in [2.45, 2.75) is 37.8 Å². The standard InChI is InChI=1S/C24H25N3O/c1-27(19-10-7-18(25)8-11-19)20-9-6-17-14-26-15-22(21(17)13-20)24-12-16-4-2-3-5-23(16)28-24/h2-6,9,12-15,18-19H,7-8,10-11,25H2,1H3. The van der Waals surface area contributed by atoms with Crippen molar-refractivity contribution in [2.24, 2.45) is 5.73 Å². The fraction of sp³-hybridized carbons (Fsp3) is 0.292. The summed E-state index contributed by atoms with van der Waals surface area (Å²) in [4.78, 5) is 6.86. The number of rotatable bonds is 3. The van der Waals surface area contributed by atoms with Gasteiger partial charge in [-0.15, -0.1) is 0 Å². The van der Waals surface area contributed by atoms with Crippen LogP contribution in [0.5, 0.6) is 0 Å². The molecule has 28 heavy (non-hydrogen) atoms. The van der Waals surface area contributed by atoms with Crippen molar-refractivity contribution >= 4 is 27.4 Å². The third-order valence-corrected chi connectivity index (χ3v) is 6.13. The number of hydrogen-bond acceptors (Lipinski definition) is 4. The van der Waals surface area contributed by atoms with Crippen LogP contribution in [0.4, 0.5) is 5.69 Å². The van der Waals surface area contributed by atoms with Gasteiger partial charge in [0, 0.05) is 53.5 Å². The number of furan rings is 1. The summed E-state index contributed by atoms with van der Waals surface area (Å²) < 4.78 is 6.12. The van der Waals surface area contributed by atoms with Crippen molar-refractivity contribution in [1.29, 1.82) is 0 Å². The molecule has 0 atom stereocenters. The van der Waals surface area contributed by atoms with Gasteiger partial charge in [-0.25, -0.2) is 0 Å². The number of hydrogen-bond donors (Lipinski definition) is 1. The van der Waals surface area contributed by atoms with E-state index in [-0.39, 0.29) is 0 Å². The molecule has 0 bridgehead atoms. The average Bonchev–Trinajstić information content (AvgIpc) is 3.17. The molecule has 4 aromatic rings. The van der Waals surface area contributed by atoms with E-state index < -0.39 is 0 Å². The van der Waals surface area contributed by atoms with Gasteiger partial charge in [-0.3, -0.25) is 4.98 Å². The Labute approximate surface area is 165 Å². The molecule has 1 saturated carbocycles. The molecular weight excluding hydrogens is 346 g/mol. The van der Waals surface area contributed by atoms with Crippen LogP contribution in [0.15, 0.2) is 65.3 Å². The van der Waals surface area contributed by atoms with Gasteiger partial charge in [-0.2, -0.15) is 0 Å². The molecule has 4 nitrogen and oxygen atoms in total. The van der Waals surface area contributed by atoms with Crippen LogP contribution >= 0.6 is 0 Å². The van der Waals surface area contributed by atoms with Crippen LogP contribution in [0, 0.1) is 0 Å². The average molecular weight is 371 g/mol. The number of aromatic nitrogens is 1. The summed E-state index contributed by atoms with van der Waals surface area (Å²) in [5.74, 6) is 0.864. The molecule has 2 aromatic heterocycles. The maximum atomic E-state index is 6.12. The first-order valence-electron chi connectivity index (χ1n) is 10.0. The van der Waals surface area contributed by atoms with E-state index in [0.717, 1.165) is 53.4 Å². The summed E-state index contributed by atoms with van der Waals surface area (Å²) in [6, 6.07) is 17.8. The molecule has 1 aliphatic carbocycles. The second kappa shape index (κ2) is 6.95. The van der Waals surface area contributed by atoms with Gasteiger partial charge in [0.2, 0.25) is 0 Å². The van der Waals surface area contributed by atoms with E-state index in [9.17, 15) is 0 Å². The van der Waals surface area contributed by atoms with Gasteiger partial charge in [0.1, 0.15) is 11.3 Å². The number of benzene rings is 2. The van der Waals surface area contributed by atoms with E-state index in [1.165, 1.54) is 11.1 Å². The number of para-hydroxylation sites is 1. The molecule has 0 unspecified atom stereocenters. The highest BCUT2D eigenvalue weighted by atomic mass is 16.3. The molecule has 2 heterocycles. The zero-order valence-electron chi connectivity index (χ0n) is 16.1. The molecular formula is C24H25N3O. The van der Waals surface area contributed by atoms with Crippen molar-refractivity contribution < 1.29 is 4.42 Å². The first-order chi connectivity index (χ1) is 13.7. The lowest BCUT2D eigenvalue weighted by Crippen LogP contribution is -2.38. The molecule has 0 radical (unpaired) electrons. The normalized spacial score (nSPS) is 19.9. The second-order valence-corrected chi connectivity index (χ2v) is 7.92. The molecule has 1 aliphatic rings. The number of nitrogens with two attached hydrogens (primary N) is 1. The fourth-order valence-electron chi connectivity index (χ4n) is 4.38. The van der Waals surface area contributed by atoms with E-state index in [1.807, 2.05) is 30.6 Å². The van der Waals surface area contributed by atoms with Crippen molar-refractivity contribution in [2.75, 3.05) is 11.9 Å². The van der Waals surface area contributed by atoms with Crippen LogP contribution in [0.2, 0.25) is 0 Å². The van der Waals surface area contributed by atoms with Crippen molar-refractivity contribution in [3.8, 4) is 11.3 Å². The molecule has 0 saturated heterocycles. The fourth-order valence-corrected chi connectivity index (χ4v) is 4.38. The van der Waals surface area contributed by atoms with Gasteiger partial charge in [-0.1, -0.05) is 24.3 Å². The Morgan fingerprint density at radius 2 is 1.79 bits per heavy atom. The van der Waals surface area contributed by atoms with Crippen LogP contribution < -0.4 is 10.6 Å². The molecule has 4 heteroatoms. The lowest BCUT2D eigenvalue weighted by molar-refractivity contribution is 0.385. The van der Waals surface area contributed by atoms with Crippen LogP contribution in [-0.2, 0) is 0 Å². The summed E-state index contributed by atoms with van der Waals surface area (Å²) in [7, 11) is 2.20. The van der Waals surface area contributed by atoms with Gasteiger partial charge in [0.05, 0.1) is 0 Å². The van der Waals surface area contributed by atoms with Gasteiger partial charge < -0.3 is 15.1 Å². The van der Waals surface area contributed by atoms with E-state index >= 15 is 0 Å². The van der Waals surface area contributed by atoms with Crippen LogP contribution in [0.25, 0.3) is 33.1 Å². The first kappa shape index (κ1) is 17.3. The highest BCUT2D eigenvalue weighted by Crippen LogP contribution is 2.35. The minimum atomic E-state index is 0.368. The largest absolute Gasteiger partial charge is 0.456 e. The summed E-state index contributed by atoms with van der Waals surface area (Å²) in [6.07, 6.45) is 8.35. The molecule has 0 amide bonds. The summed E-state index contributed by atoms with van der Waals surface area (Å²) in [6.45, 7) is 0. The molecule has 1 fully saturated rings. The number of fused-ring (bicyclic) bond motifs is 2. The van der Waals surface area contributed by atoms with Gasteiger partial charge in [0.15, 0.2) is 0 Å². The van der Waals surface area contributed by atoms with Gasteiger partial charge >= 0.3 is 0 Å². The third-order valence-electron chi connectivity index (χ3n) is 6.13. The summed E-state index contributed by atoms with van der Waals surface area (Å²) in [5.41, 5.74) is 9.26. The zero-order valence-corrected chi connectivity index (χ0v) is 16.1. The quantitative estimate of drug-likeness (QED) is 0.527. The Bertz CT molecular complexity index is 1090. The van der Waals surface area contributed by atoms with Crippen molar-refractivity contribution in [3.63, 3.8) is 0 Å². The topological polar surface area (TPSA) is 55.3 Å². The lowest BCUT2D eigenvalue weighted by atomic mass is 9.90. The Balaban J connectivity index is 1.56. The zero-order chi connectivity index (χ0) is 19.1. The van der Waals surface area contributed by atoms with E-state index in [2.05, 4.69) is 47.3 Å². The second-order valence-electron chi connectivity index (χ2n) is 7.92. The number of pyridine rings is 1. The molecule has 2 N–H and O–H groups in total. The Morgan fingerprint density at radius 3 is 2.61 bits per heavy atom. The SMILES string of the molecule is CN(c1ccc2cncc(-c3cc4ccccc4o3)c2c1)C1CCC(N)CC1. The Kier molecular flexibility index (Phi) is 4.29. The monoisotopic (exact) mass is 371 g/mol. The van der Waals surface area contributed by atoms with Gasteiger partial charge in [-0.05, 0) is 55.3 Å². The smallest absolute Gasteiger partial charge is 0.137 e. The Morgan fingerprint density at radius 1 is 0.964 bits per heavy atom. The Hall–Kier alpha value is -2.85. The predicted molar refractivity (Wildman–Crippen MR) is 116 cm³/mol. The molecule has 142 valence electrons. The third kappa shape index (κ3) is 3.04. The maximum absolute atomic E-state index is 6.12. The molecule has 0 aliphatic heterocycles. The van der Waals surface area contributed by atoms with E-state index in [4.69, 9.17) is 10.2 Å². The van der Waals surface area contributed by atoms with Crippen molar-refractivity contribution in [1.82, 2.24) is 4.98 Å². The first-order valence-corrected chi connectivity index (χ1v) is 10.0.